The van der Waals surface area contributed by atoms with Crippen LogP contribution in [0.3, 0.4) is 0 Å². The van der Waals surface area contributed by atoms with Crippen molar-refractivity contribution >= 4 is 0 Å². The summed E-state index contributed by atoms with van der Waals surface area (Å²) in [7, 11) is 3.17. The van der Waals surface area contributed by atoms with Gasteiger partial charge in [0.1, 0.15) is 0 Å². The van der Waals surface area contributed by atoms with Crippen LogP contribution in [0.15, 0.2) is 42.0 Å². The minimum Gasteiger partial charge on any atom is -0.493 e. The van der Waals surface area contributed by atoms with Crippen LogP contribution >= 0.6 is 0 Å². The second-order valence-electron chi connectivity index (χ2n) is 7.94. The Morgan fingerprint density at radius 3 is 2.57 bits per heavy atom. The molecule has 6 heteroatoms. The molecule has 1 heterocycles. The van der Waals surface area contributed by atoms with Crippen molar-refractivity contribution in [3.63, 3.8) is 0 Å². The predicted octanol–water partition coefficient (Wildman–Crippen LogP) is 3.88. The summed E-state index contributed by atoms with van der Waals surface area (Å²) in [4.78, 5) is 0. The van der Waals surface area contributed by atoms with Gasteiger partial charge in [-0.1, -0.05) is 38.1 Å². The number of allylic oxidation sites excluding steroid dienone is 3. The van der Waals surface area contributed by atoms with Crippen molar-refractivity contribution in [1.82, 2.24) is 0 Å². The third kappa shape index (κ3) is 5.85. The number of hydrogen-bond acceptors (Lipinski definition) is 6. The van der Waals surface area contributed by atoms with Crippen molar-refractivity contribution < 1.29 is 29.2 Å². The molecule has 0 spiro atoms. The average molecular weight is 421 g/mol. The van der Waals surface area contributed by atoms with Gasteiger partial charge in [0.05, 0.1) is 39.6 Å². The van der Waals surface area contributed by atoms with E-state index in [4.69, 9.17) is 18.9 Å². The zero-order valence-corrected chi connectivity index (χ0v) is 18.9. The number of methoxy groups -OCH3 is 2. The largest absolute Gasteiger partial charge is 0.493 e. The van der Waals surface area contributed by atoms with Crippen molar-refractivity contribution in [2.45, 2.75) is 46.2 Å². The van der Waals surface area contributed by atoms with Gasteiger partial charge in [-0.05, 0) is 37.5 Å². The Morgan fingerprint density at radius 1 is 1.27 bits per heavy atom. The van der Waals surface area contributed by atoms with E-state index in [9.17, 15) is 10.2 Å². The van der Waals surface area contributed by atoms with E-state index < -0.39 is 18.3 Å². The van der Waals surface area contributed by atoms with E-state index in [1.54, 1.807) is 14.2 Å². The Kier molecular flexibility index (Phi) is 9.37. The molecule has 0 bridgehead atoms. The molecule has 168 valence electrons. The van der Waals surface area contributed by atoms with Gasteiger partial charge >= 0.3 is 0 Å². The van der Waals surface area contributed by atoms with Crippen LogP contribution in [0, 0.1) is 17.8 Å². The van der Waals surface area contributed by atoms with Gasteiger partial charge in [-0.15, -0.1) is 0 Å². The van der Waals surface area contributed by atoms with Gasteiger partial charge < -0.3 is 29.2 Å². The number of ether oxygens (including phenoxy) is 4. The maximum absolute atomic E-state index is 11.0. The van der Waals surface area contributed by atoms with Gasteiger partial charge in [0, 0.05) is 17.4 Å². The minimum atomic E-state index is -0.806. The lowest BCUT2D eigenvalue weighted by atomic mass is 9.84. The summed E-state index contributed by atoms with van der Waals surface area (Å²) in [6.07, 6.45) is 4.28. The molecule has 1 aliphatic heterocycles. The van der Waals surface area contributed by atoms with Crippen molar-refractivity contribution in [3.05, 3.63) is 47.6 Å². The zero-order valence-electron chi connectivity index (χ0n) is 18.9. The van der Waals surface area contributed by atoms with Crippen molar-refractivity contribution in [1.29, 1.82) is 0 Å². The van der Waals surface area contributed by atoms with E-state index in [0.717, 1.165) is 11.1 Å². The van der Waals surface area contributed by atoms with Crippen LogP contribution in [-0.4, -0.2) is 49.9 Å². The molecule has 6 nitrogen and oxygen atoms in total. The highest BCUT2D eigenvalue weighted by atomic mass is 16.7. The fourth-order valence-corrected chi connectivity index (χ4v) is 3.94. The molecule has 0 unspecified atom stereocenters. The molecule has 1 aromatic rings. The molecule has 1 saturated heterocycles. The summed E-state index contributed by atoms with van der Waals surface area (Å²) in [5.74, 6) is 0.987. The summed E-state index contributed by atoms with van der Waals surface area (Å²) >= 11 is 0. The van der Waals surface area contributed by atoms with Crippen molar-refractivity contribution in [2.75, 3.05) is 27.4 Å². The molecular formula is C24H36O6. The van der Waals surface area contributed by atoms with Crippen LogP contribution in [0.5, 0.6) is 11.5 Å². The molecular weight excluding hydrogens is 384 g/mol. The predicted molar refractivity (Wildman–Crippen MR) is 117 cm³/mol. The Morgan fingerprint density at radius 2 is 1.97 bits per heavy atom. The van der Waals surface area contributed by atoms with Crippen LogP contribution in [0.2, 0.25) is 0 Å². The number of aliphatic hydroxyl groups is 2. The number of benzene rings is 1. The van der Waals surface area contributed by atoms with E-state index in [-0.39, 0.29) is 24.5 Å². The van der Waals surface area contributed by atoms with Crippen LogP contribution in [0.4, 0.5) is 0 Å². The SMILES string of the molecule is C/C=C\[C@H](C)/C=C(\C)[C@@H](O)[C@H](CO)[C@H]1O[C@@H](c2ccc(OC)c(OC)c2)OC[C@H]1C. The Bertz CT molecular complexity index is 728. The third-order valence-corrected chi connectivity index (χ3v) is 5.56. The monoisotopic (exact) mass is 420 g/mol. The van der Waals surface area contributed by atoms with Crippen LogP contribution < -0.4 is 9.47 Å². The number of aliphatic hydroxyl groups excluding tert-OH is 2. The van der Waals surface area contributed by atoms with Crippen molar-refractivity contribution in [2.24, 2.45) is 17.8 Å². The summed E-state index contributed by atoms with van der Waals surface area (Å²) in [5, 5.41) is 21.1. The van der Waals surface area contributed by atoms with Crippen LogP contribution in [0.1, 0.15) is 39.5 Å². The maximum Gasteiger partial charge on any atom is 0.184 e. The van der Waals surface area contributed by atoms with Crippen molar-refractivity contribution in [3.8, 4) is 11.5 Å². The second kappa shape index (κ2) is 11.5. The summed E-state index contributed by atoms with van der Waals surface area (Å²) in [6, 6.07) is 5.50. The highest BCUT2D eigenvalue weighted by Crippen LogP contribution is 2.37. The molecule has 0 aliphatic carbocycles. The molecule has 30 heavy (non-hydrogen) atoms. The van der Waals surface area contributed by atoms with E-state index in [1.165, 1.54) is 0 Å². The Balaban J connectivity index is 2.22. The first-order chi connectivity index (χ1) is 14.4. The lowest BCUT2D eigenvalue weighted by Crippen LogP contribution is -2.46. The van der Waals surface area contributed by atoms with Gasteiger partial charge in [0.15, 0.2) is 17.8 Å². The molecule has 1 aliphatic rings. The average Bonchev–Trinajstić information content (AvgIpc) is 2.74. The molecule has 2 rings (SSSR count). The highest BCUT2D eigenvalue weighted by Gasteiger charge is 2.39. The van der Waals surface area contributed by atoms with E-state index in [2.05, 4.69) is 13.0 Å². The first-order valence-electron chi connectivity index (χ1n) is 10.4. The third-order valence-electron chi connectivity index (χ3n) is 5.56. The fourth-order valence-electron chi connectivity index (χ4n) is 3.94. The van der Waals surface area contributed by atoms with E-state index >= 15 is 0 Å². The highest BCUT2D eigenvalue weighted by molar-refractivity contribution is 5.43. The number of rotatable bonds is 9. The standard InChI is InChI=1S/C24H36O6/c1-7-8-15(2)11-16(3)22(26)19(13-25)23-17(4)14-29-24(30-23)18-9-10-20(27-5)21(12-18)28-6/h7-12,15,17,19,22-26H,13-14H2,1-6H3/b8-7-,16-11+/t15-,17+,19-,22+,23-,24-/m0/s1. The normalized spacial score (nSPS) is 25.7. The first kappa shape index (κ1) is 24.4. The summed E-state index contributed by atoms with van der Waals surface area (Å²) in [6.45, 7) is 8.21. The molecule has 1 aromatic carbocycles. The molecule has 1 fully saturated rings. The quantitative estimate of drug-likeness (QED) is 0.591. The van der Waals surface area contributed by atoms with Crippen LogP contribution in [0.25, 0.3) is 0 Å². The first-order valence-corrected chi connectivity index (χ1v) is 10.4. The maximum atomic E-state index is 11.0. The lowest BCUT2D eigenvalue weighted by Gasteiger charge is -2.40. The second-order valence-corrected chi connectivity index (χ2v) is 7.94. The summed E-state index contributed by atoms with van der Waals surface area (Å²) in [5.41, 5.74) is 1.62. The molecule has 6 atom stereocenters. The molecule has 0 aromatic heterocycles. The van der Waals surface area contributed by atoms with Gasteiger partial charge in [-0.2, -0.15) is 0 Å². The topological polar surface area (TPSA) is 77.4 Å². The fraction of sp³-hybridized carbons (Fsp3) is 0.583. The lowest BCUT2D eigenvalue weighted by molar-refractivity contribution is -0.258. The Hall–Kier alpha value is -1.86. The zero-order chi connectivity index (χ0) is 22.3. The molecule has 0 saturated carbocycles. The molecule has 0 amide bonds. The molecule has 0 radical (unpaired) electrons. The van der Waals surface area contributed by atoms with Gasteiger partial charge in [-0.25, -0.2) is 0 Å². The molecule has 2 N–H and O–H groups in total. The van der Waals surface area contributed by atoms with Crippen LogP contribution in [-0.2, 0) is 9.47 Å². The smallest absolute Gasteiger partial charge is 0.184 e. The van der Waals surface area contributed by atoms with Gasteiger partial charge in [0.25, 0.3) is 0 Å². The van der Waals surface area contributed by atoms with E-state index in [1.807, 2.05) is 51.1 Å². The minimum absolute atomic E-state index is 0.0222. The van der Waals surface area contributed by atoms with E-state index in [0.29, 0.717) is 18.1 Å². The van der Waals surface area contributed by atoms with Gasteiger partial charge in [-0.3, -0.25) is 0 Å². The Labute approximate surface area is 180 Å². The van der Waals surface area contributed by atoms with Gasteiger partial charge in [0.2, 0.25) is 0 Å². The summed E-state index contributed by atoms with van der Waals surface area (Å²) < 4.78 is 22.8. The number of hydrogen-bond donors (Lipinski definition) is 2.